The van der Waals surface area contributed by atoms with E-state index < -0.39 is 6.10 Å². The first kappa shape index (κ1) is 13.3. The molecule has 19 heavy (non-hydrogen) atoms. The van der Waals surface area contributed by atoms with Gasteiger partial charge in [-0.3, -0.25) is 0 Å². The summed E-state index contributed by atoms with van der Waals surface area (Å²) in [4.78, 5) is 7.79. The predicted molar refractivity (Wildman–Crippen MR) is 70.2 cm³/mol. The fourth-order valence-electron chi connectivity index (χ4n) is 1.83. The number of aliphatic hydroxyl groups excluding tert-OH is 1. The smallest absolute Gasteiger partial charge is 0.160 e. The zero-order chi connectivity index (χ0) is 13.7. The number of hydrogen-bond acceptors (Lipinski definition) is 5. The molecule has 0 fully saturated rings. The molecule has 1 heterocycles. The number of nitrogens with zero attached hydrogens (tertiary/aromatic N) is 2. The second kappa shape index (κ2) is 6.15. The first-order chi connectivity index (χ1) is 9.24. The molecule has 0 aliphatic carbocycles. The lowest BCUT2D eigenvalue weighted by molar-refractivity contribution is 0.177. The molecular formula is C14H16N2O3. The van der Waals surface area contributed by atoms with Crippen LogP contribution in [-0.2, 0) is 6.42 Å². The maximum atomic E-state index is 10.1. The van der Waals surface area contributed by atoms with E-state index in [0.717, 1.165) is 5.56 Å². The first-order valence-corrected chi connectivity index (χ1v) is 5.88. The average Bonchev–Trinajstić information content (AvgIpc) is 2.48. The van der Waals surface area contributed by atoms with Gasteiger partial charge < -0.3 is 14.6 Å². The summed E-state index contributed by atoms with van der Waals surface area (Å²) < 4.78 is 10.4. The van der Waals surface area contributed by atoms with Crippen LogP contribution in [0.3, 0.4) is 0 Å². The van der Waals surface area contributed by atoms with Crippen molar-refractivity contribution >= 4 is 0 Å². The summed E-state index contributed by atoms with van der Waals surface area (Å²) in [6, 6.07) is 5.57. The van der Waals surface area contributed by atoms with Crippen molar-refractivity contribution in [1.82, 2.24) is 9.97 Å². The molecule has 0 radical (unpaired) electrons. The lowest BCUT2D eigenvalue weighted by Gasteiger charge is -2.12. The fraction of sp³-hybridized carbons (Fsp3) is 0.286. The Labute approximate surface area is 111 Å². The molecule has 1 aromatic carbocycles. The van der Waals surface area contributed by atoms with Crippen LogP contribution >= 0.6 is 0 Å². The molecule has 1 aromatic heterocycles. The Balaban J connectivity index is 2.15. The van der Waals surface area contributed by atoms with Gasteiger partial charge in [0.15, 0.2) is 11.5 Å². The number of methoxy groups -OCH3 is 2. The molecule has 0 amide bonds. The minimum Gasteiger partial charge on any atom is -0.493 e. The summed E-state index contributed by atoms with van der Waals surface area (Å²) in [5.74, 6) is 1.32. The second-order valence-corrected chi connectivity index (χ2v) is 4.08. The Kier molecular flexibility index (Phi) is 4.30. The van der Waals surface area contributed by atoms with E-state index in [0.29, 0.717) is 23.5 Å². The largest absolute Gasteiger partial charge is 0.493 e. The van der Waals surface area contributed by atoms with Crippen LogP contribution in [-0.4, -0.2) is 29.3 Å². The molecule has 2 aromatic rings. The molecule has 1 unspecified atom stereocenters. The Hall–Kier alpha value is -2.14. The van der Waals surface area contributed by atoms with E-state index in [1.807, 2.05) is 18.2 Å². The summed E-state index contributed by atoms with van der Waals surface area (Å²) in [6.07, 6.45) is 4.48. The molecule has 1 atom stereocenters. The maximum Gasteiger partial charge on any atom is 0.160 e. The lowest BCUT2D eigenvalue weighted by Crippen LogP contribution is -2.03. The second-order valence-electron chi connectivity index (χ2n) is 4.08. The highest BCUT2D eigenvalue weighted by Crippen LogP contribution is 2.29. The van der Waals surface area contributed by atoms with Gasteiger partial charge in [0.25, 0.3) is 0 Å². The van der Waals surface area contributed by atoms with Crippen LogP contribution in [0.4, 0.5) is 0 Å². The molecule has 5 nitrogen and oxygen atoms in total. The zero-order valence-corrected chi connectivity index (χ0v) is 10.9. The Morgan fingerprint density at radius 3 is 2.42 bits per heavy atom. The quantitative estimate of drug-likeness (QED) is 0.887. The molecule has 0 bridgehead atoms. The van der Waals surface area contributed by atoms with Crippen LogP contribution in [0.1, 0.15) is 17.2 Å². The number of rotatable bonds is 5. The van der Waals surface area contributed by atoms with Gasteiger partial charge in [-0.05, 0) is 17.7 Å². The van der Waals surface area contributed by atoms with Gasteiger partial charge in [0, 0.05) is 24.4 Å². The van der Waals surface area contributed by atoms with E-state index in [9.17, 15) is 5.11 Å². The minimum atomic E-state index is -0.640. The number of aromatic nitrogens is 2. The van der Waals surface area contributed by atoms with Crippen molar-refractivity contribution in [2.45, 2.75) is 12.5 Å². The van der Waals surface area contributed by atoms with Crippen LogP contribution in [0.5, 0.6) is 11.5 Å². The third-order valence-electron chi connectivity index (χ3n) is 2.84. The normalized spacial score (nSPS) is 11.9. The van der Waals surface area contributed by atoms with Gasteiger partial charge >= 0.3 is 0 Å². The average molecular weight is 260 g/mol. The Morgan fingerprint density at radius 1 is 1.11 bits per heavy atom. The molecule has 100 valence electrons. The van der Waals surface area contributed by atoms with Crippen molar-refractivity contribution < 1.29 is 14.6 Å². The molecule has 0 saturated heterocycles. The van der Waals surface area contributed by atoms with E-state index in [1.165, 1.54) is 6.33 Å². The monoisotopic (exact) mass is 260 g/mol. The van der Waals surface area contributed by atoms with Crippen molar-refractivity contribution in [2.75, 3.05) is 14.2 Å². The topological polar surface area (TPSA) is 64.5 Å². The van der Waals surface area contributed by atoms with Gasteiger partial charge in [-0.2, -0.15) is 0 Å². The molecule has 0 spiro atoms. The van der Waals surface area contributed by atoms with Gasteiger partial charge in [0.05, 0.1) is 20.3 Å². The standard InChI is InChI=1S/C14H16N2O3/c1-18-13-4-3-10(6-14(13)19-2)5-12(17)11-7-15-9-16-8-11/h3-4,6-9,12,17H,5H2,1-2H3. The molecule has 0 saturated carbocycles. The van der Waals surface area contributed by atoms with E-state index in [-0.39, 0.29) is 0 Å². The van der Waals surface area contributed by atoms with Crippen molar-refractivity contribution in [3.63, 3.8) is 0 Å². The van der Waals surface area contributed by atoms with Gasteiger partial charge in [-0.15, -0.1) is 0 Å². The zero-order valence-electron chi connectivity index (χ0n) is 10.9. The van der Waals surface area contributed by atoms with Gasteiger partial charge in [-0.1, -0.05) is 6.07 Å². The van der Waals surface area contributed by atoms with Crippen LogP contribution in [0.25, 0.3) is 0 Å². The number of ether oxygens (including phenoxy) is 2. The van der Waals surface area contributed by atoms with Crippen molar-refractivity contribution in [2.24, 2.45) is 0 Å². The molecule has 0 aliphatic rings. The third kappa shape index (κ3) is 3.20. The van der Waals surface area contributed by atoms with Crippen LogP contribution in [0, 0.1) is 0 Å². The molecular weight excluding hydrogens is 244 g/mol. The maximum absolute atomic E-state index is 10.1. The summed E-state index contributed by atoms with van der Waals surface area (Å²) >= 11 is 0. The highest BCUT2D eigenvalue weighted by Gasteiger charge is 2.11. The van der Waals surface area contributed by atoms with Gasteiger partial charge in [0.1, 0.15) is 6.33 Å². The fourth-order valence-corrected chi connectivity index (χ4v) is 1.83. The third-order valence-corrected chi connectivity index (χ3v) is 2.84. The Morgan fingerprint density at radius 2 is 1.79 bits per heavy atom. The minimum absolute atomic E-state index is 0.466. The number of hydrogen-bond donors (Lipinski definition) is 1. The lowest BCUT2D eigenvalue weighted by atomic mass is 10.0. The van der Waals surface area contributed by atoms with Crippen molar-refractivity contribution in [3.8, 4) is 11.5 Å². The van der Waals surface area contributed by atoms with Crippen LogP contribution in [0.2, 0.25) is 0 Å². The number of aliphatic hydroxyl groups is 1. The van der Waals surface area contributed by atoms with Crippen molar-refractivity contribution in [3.05, 3.63) is 48.0 Å². The SMILES string of the molecule is COc1ccc(CC(O)c2cncnc2)cc1OC. The molecule has 2 rings (SSSR count). The van der Waals surface area contributed by atoms with Gasteiger partial charge in [0.2, 0.25) is 0 Å². The summed E-state index contributed by atoms with van der Waals surface area (Å²) in [5, 5.41) is 10.1. The highest BCUT2D eigenvalue weighted by molar-refractivity contribution is 5.43. The first-order valence-electron chi connectivity index (χ1n) is 5.88. The van der Waals surface area contributed by atoms with E-state index in [2.05, 4.69) is 9.97 Å². The summed E-state index contributed by atoms with van der Waals surface area (Å²) in [5.41, 5.74) is 1.64. The van der Waals surface area contributed by atoms with Crippen molar-refractivity contribution in [1.29, 1.82) is 0 Å². The summed E-state index contributed by atoms with van der Waals surface area (Å²) in [6.45, 7) is 0. The van der Waals surface area contributed by atoms with E-state index in [4.69, 9.17) is 9.47 Å². The predicted octanol–water partition coefficient (Wildman–Crippen LogP) is 1.77. The van der Waals surface area contributed by atoms with Crippen LogP contribution in [0.15, 0.2) is 36.9 Å². The van der Waals surface area contributed by atoms with E-state index >= 15 is 0 Å². The number of benzene rings is 1. The van der Waals surface area contributed by atoms with Gasteiger partial charge in [-0.25, -0.2) is 9.97 Å². The summed E-state index contributed by atoms with van der Waals surface area (Å²) in [7, 11) is 3.18. The van der Waals surface area contributed by atoms with E-state index in [1.54, 1.807) is 26.6 Å². The van der Waals surface area contributed by atoms with Crippen LogP contribution < -0.4 is 9.47 Å². The highest BCUT2D eigenvalue weighted by atomic mass is 16.5. The molecule has 0 aliphatic heterocycles. The molecule has 1 N–H and O–H groups in total. The Bertz CT molecular complexity index is 531. The molecule has 5 heteroatoms.